The van der Waals surface area contributed by atoms with Crippen LogP contribution in [-0.2, 0) is 9.53 Å². The number of alkyl halides is 1. The molecule has 0 saturated heterocycles. The minimum Gasteiger partial charge on any atom is -0.374 e. The molecule has 10 heavy (non-hydrogen) atoms. The fourth-order valence-corrected chi connectivity index (χ4v) is 0.697. The van der Waals surface area contributed by atoms with E-state index in [1.54, 1.807) is 0 Å². The molecule has 60 valence electrons. The van der Waals surface area contributed by atoms with Gasteiger partial charge in [0.05, 0.1) is 12.2 Å². The fourth-order valence-electron chi connectivity index (χ4n) is 0.624. The zero-order valence-corrected chi connectivity index (χ0v) is 7.10. The largest absolute Gasteiger partial charge is 0.374 e. The van der Waals surface area contributed by atoms with E-state index in [-0.39, 0.29) is 12.2 Å². The van der Waals surface area contributed by atoms with Crippen LogP contribution in [0.25, 0.3) is 0 Å². The molecular formula is C7H13ClO2. The molecule has 0 heterocycles. The number of hydrogen-bond acceptors (Lipinski definition) is 2. The average molecular weight is 165 g/mol. The highest BCUT2D eigenvalue weighted by atomic mass is 35.5. The Labute approximate surface area is 66.5 Å². The summed E-state index contributed by atoms with van der Waals surface area (Å²) in [5.41, 5.74) is 0. The molecule has 0 spiro atoms. The van der Waals surface area contributed by atoms with Gasteiger partial charge >= 0.3 is 0 Å². The number of halogens is 1. The molecule has 2 atom stereocenters. The maximum atomic E-state index is 9.97. The molecule has 0 radical (unpaired) electrons. The molecule has 2 nitrogen and oxygen atoms in total. The fraction of sp³-hybridized carbons (Fsp3) is 0.857. The highest BCUT2D eigenvalue weighted by Crippen LogP contribution is 2.01. The van der Waals surface area contributed by atoms with E-state index in [1.165, 1.54) is 0 Å². The van der Waals surface area contributed by atoms with Crippen LogP contribution in [0.4, 0.5) is 0 Å². The SMILES string of the molecule is CC(CCl)OC(C)CC=O. The number of rotatable bonds is 5. The Bertz CT molecular complexity index is 95.6. The van der Waals surface area contributed by atoms with Gasteiger partial charge in [0, 0.05) is 12.3 Å². The lowest BCUT2D eigenvalue weighted by molar-refractivity contribution is -0.110. The first-order chi connectivity index (χ1) is 4.70. The molecule has 0 saturated carbocycles. The van der Waals surface area contributed by atoms with Gasteiger partial charge in [-0.2, -0.15) is 0 Å². The van der Waals surface area contributed by atoms with Crippen LogP contribution in [0.1, 0.15) is 20.3 Å². The van der Waals surface area contributed by atoms with Crippen LogP contribution < -0.4 is 0 Å². The Balaban J connectivity index is 3.35. The highest BCUT2D eigenvalue weighted by molar-refractivity contribution is 6.18. The van der Waals surface area contributed by atoms with Gasteiger partial charge in [0.15, 0.2) is 0 Å². The lowest BCUT2D eigenvalue weighted by Gasteiger charge is -2.14. The molecule has 0 aromatic carbocycles. The van der Waals surface area contributed by atoms with Crippen LogP contribution in [0.2, 0.25) is 0 Å². The van der Waals surface area contributed by atoms with Crippen LogP contribution in [0.3, 0.4) is 0 Å². The third kappa shape index (κ3) is 4.77. The highest BCUT2D eigenvalue weighted by Gasteiger charge is 2.05. The molecular weight excluding hydrogens is 152 g/mol. The van der Waals surface area contributed by atoms with E-state index in [4.69, 9.17) is 16.3 Å². The normalized spacial score (nSPS) is 16.3. The topological polar surface area (TPSA) is 26.3 Å². The van der Waals surface area contributed by atoms with Crippen LogP contribution in [0.5, 0.6) is 0 Å². The molecule has 0 aromatic heterocycles. The Morgan fingerprint density at radius 2 is 2.10 bits per heavy atom. The van der Waals surface area contributed by atoms with Crippen LogP contribution in [0.15, 0.2) is 0 Å². The Morgan fingerprint density at radius 3 is 2.50 bits per heavy atom. The first kappa shape index (κ1) is 9.92. The Kier molecular flexibility index (Phi) is 5.64. The summed E-state index contributed by atoms with van der Waals surface area (Å²) in [7, 11) is 0. The second kappa shape index (κ2) is 5.69. The van der Waals surface area contributed by atoms with Crippen molar-refractivity contribution in [1.82, 2.24) is 0 Å². The first-order valence-corrected chi connectivity index (χ1v) is 3.89. The summed E-state index contributed by atoms with van der Waals surface area (Å²) in [6.07, 6.45) is 1.33. The quantitative estimate of drug-likeness (QED) is 0.456. The van der Waals surface area contributed by atoms with Crippen molar-refractivity contribution in [3.63, 3.8) is 0 Å². The van der Waals surface area contributed by atoms with Crippen molar-refractivity contribution in [2.75, 3.05) is 5.88 Å². The van der Waals surface area contributed by atoms with Crippen molar-refractivity contribution in [3.05, 3.63) is 0 Å². The summed E-state index contributed by atoms with van der Waals surface area (Å²) in [6, 6.07) is 0. The van der Waals surface area contributed by atoms with Gasteiger partial charge in [0.1, 0.15) is 6.29 Å². The summed E-state index contributed by atoms with van der Waals surface area (Å²) in [6.45, 7) is 3.74. The third-order valence-corrected chi connectivity index (χ3v) is 1.54. The molecule has 0 aliphatic heterocycles. The maximum Gasteiger partial charge on any atom is 0.122 e. The van der Waals surface area contributed by atoms with Crippen LogP contribution >= 0.6 is 11.6 Å². The zero-order valence-electron chi connectivity index (χ0n) is 6.34. The smallest absolute Gasteiger partial charge is 0.122 e. The third-order valence-electron chi connectivity index (χ3n) is 1.11. The van der Waals surface area contributed by atoms with Crippen molar-refractivity contribution in [2.45, 2.75) is 32.5 Å². The molecule has 0 aliphatic carbocycles. The van der Waals surface area contributed by atoms with E-state index < -0.39 is 0 Å². The van der Waals surface area contributed by atoms with Crippen molar-refractivity contribution < 1.29 is 9.53 Å². The van der Waals surface area contributed by atoms with Crippen molar-refractivity contribution in [3.8, 4) is 0 Å². The standard InChI is InChI=1S/C7H13ClO2/c1-6(3-4-9)10-7(2)5-8/h4,6-7H,3,5H2,1-2H3. The minimum absolute atomic E-state index is 0.00810. The molecule has 0 rings (SSSR count). The second-order valence-electron chi connectivity index (χ2n) is 2.31. The predicted molar refractivity (Wildman–Crippen MR) is 41.4 cm³/mol. The molecule has 0 aromatic rings. The van der Waals surface area contributed by atoms with E-state index in [9.17, 15) is 4.79 Å². The van der Waals surface area contributed by atoms with Crippen molar-refractivity contribution in [1.29, 1.82) is 0 Å². The predicted octanol–water partition coefficient (Wildman–Crippen LogP) is 1.61. The Morgan fingerprint density at radius 1 is 1.50 bits per heavy atom. The van der Waals surface area contributed by atoms with Gasteiger partial charge in [-0.05, 0) is 13.8 Å². The van der Waals surface area contributed by atoms with E-state index in [0.29, 0.717) is 12.3 Å². The zero-order chi connectivity index (χ0) is 7.98. The number of carbonyl (C=O) groups is 1. The number of carbonyl (C=O) groups excluding carboxylic acids is 1. The number of aldehydes is 1. The van der Waals surface area contributed by atoms with Gasteiger partial charge in [-0.3, -0.25) is 0 Å². The van der Waals surface area contributed by atoms with Gasteiger partial charge in [0.25, 0.3) is 0 Å². The summed E-state index contributed by atoms with van der Waals surface area (Å²) in [5.74, 6) is 0.475. The second-order valence-corrected chi connectivity index (χ2v) is 2.62. The van der Waals surface area contributed by atoms with Crippen LogP contribution in [0, 0.1) is 0 Å². The van der Waals surface area contributed by atoms with Crippen molar-refractivity contribution >= 4 is 17.9 Å². The molecule has 2 unspecified atom stereocenters. The monoisotopic (exact) mass is 164 g/mol. The summed E-state index contributed by atoms with van der Waals surface area (Å²) in [4.78, 5) is 9.97. The van der Waals surface area contributed by atoms with E-state index in [2.05, 4.69) is 0 Å². The van der Waals surface area contributed by atoms with Gasteiger partial charge in [-0.1, -0.05) is 0 Å². The first-order valence-electron chi connectivity index (χ1n) is 3.35. The number of hydrogen-bond donors (Lipinski definition) is 0. The average Bonchev–Trinajstić information content (AvgIpc) is 1.88. The summed E-state index contributed by atoms with van der Waals surface area (Å²) in [5, 5.41) is 0. The van der Waals surface area contributed by atoms with E-state index >= 15 is 0 Å². The van der Waals surface area contributed by atoms with E-state index in [0.717, 1.165) is 6.29 Å². The summed E-state index contributed by atoms with van der Waals surface area (Å²) < 4.78 is 5.28. The lowest BCUT2D eigenvalue weighted by Crippen LogP contribution is -2.18. The molecule has 0 fully saturated rings. The number of ether oxygens (including phenoxy) is 1. The van der Waals surface area contributed by atoms with Gasteiger partial charge < -0.3 is 9.53 Å². The van der Waals surface area contributed by atoms with Crippen molar-refractivity contribution in [2.24, 2.45) is 0 Å². The molecule has 0 bridgehead atoms. The minimum atomic E-state index is -0.00810. The Hall–Kier alpha value is -0.0800. The molecule has 3 heteroatoms. The molecule has 0 amide bonds. The summed E-state index contributed by atoms with van der Waals surface area (Å²) >= 11 is 5.48. The molecule has 0 N–H and O–H groups in total. The van der Waals surface area contributed by atoms with Gasteiger partial charge in [0.2, 0.25) is 0 Å². The van der Waals surface area contributed by atoms with Gasteiger partial charge in [-0.25, -0.2) is 0 Å². The maximum absolute atomic E-state index is 9.97. The van der Waals surface area contributed by atoms with E-state index in [1.807, 2.05) is 13.8 Å². The van der Waals surface area contributed by atoms with Gasteiger partial charge in [-0.15, -0.1) is 11.6 Å². The lowest BCUT2D eigenvalue weighted by atomic mass is 10.3. The van der Waals surface area contributed by atoms with Crippen LogP contribution in [-0.4, -0.2) is 24.4 Å². The molecule has 0 aliphatic rings.